The van der Waals surface area contributed by atoms with Gasteiger partial charge in [-0.1, -0.05) is 16.6 Å². The van der Waals surface area contributed by atoms with E-state index in [0.717, 1.165) is 10.1 Å². The number of carbonyl (C=O) groups is 1. The summed E-state index contributed by atoms with van der Waals surface area (Å²) in [6, 6.07) is 11.4. The topological polar surface area (TPSA) is 93.0 Å². The lowest BCUT2D eigenvalue weighted by molar-refractivity contribution is -0.0258. The van der Waals surface area contributed by atoms with Crippen LogP contribution in [0.1, 0.15) is 16.1 Å². The molecule has 0 saturated heterocycles. The van der Waals surface area contributed by atoms with E-state index >= 15 is 0 Å². The van der Waals surface area contributed by atoms with Crippen molar-refractivity contribution < 1.29 is 18.0 Å². The Kier molecular flexibility index (Phi) is 5.03. The van der Waals surface area contributed by atoms with Gasteiger partial charge >= 0.3 is 0 Å². The van der Waals surface area contributed by atoms with Crippen molar-refractivity contribution in [2.45, 2.75) is 11.4 Å². The summed E-state index contributed by atoms with van der Waals surface area (Å²) in [5.41, 5.74) is 1.72. The molecule has 8 nitrogen and oxygen atoms in total. The molecule has 1 amide bonds. The smallest absolute Gasteiger partial charge is 0.264 e. The van der Waals surface area contributed by atoms with E-state index in [-0.39, 0.29) is 22.9 Å². The number of amides is 1. The largest absolute Gasteiger partial charge is 0.346 e. The van der Waals surface area contributed by atoms with Crippen LogP contribution < -0.4 is 5.32 Å². The lowest BCUT2D eigenvalue weighted by atomic mass is 10.2. The number of sulfonamides is 1. The summed E-state index contributed by atoms with van der Waals surface area (Å²) in [5.74, 6) is -0.390. The molecule has 136 valence electrons. The molecule has 2 aromatic heterocycles. The molecule has 1 aromatic carbocycles. The number of nitrogens with one attached hydrogen (secondary N) is 1. The molecule has 0 bridgehead atoms. The van der Waals surface area contributed by atoms with Gasteiger partial charge in [-0.2, -0.15) is 0 Å². The number of aromatic nitrogens is 2. The number of pyridine rings is 1. The molecule has 26 heavy (non-hydrogen) atoms. The van der Waals surface area contributed by atoms with Crippen molar-refractivity contribution in [3.63, 3.8) is 0 Å². The van der Waals surface area contributed by atoms with Crippen molar-refractivity contribution >= 4 is 21.6 Å². The van der Waals surface area contributed by atoms with E-state index in [2.05, 4.69) is 10.3 Å². The summed E-state index contributed by atoms with van der Waals surface area (Å²) in [4.78, 5) is 21.5. The average molecular weight is 374 g/mol. The highest BCUT2D eigenvalue weighted by molar-refractivity contribution is 7.89. The highest BCUT2D eigenvalue weighted by Gasteiger charge is 2.21. The zero-order valence-corrected chi connectivity index (χ0v) is 15.1. The number of imidazole rings is 1. The fourth-order valence-electron chi connectivity index (χ4n) is 2.39. The number of benzene rings is 1. The van der Waals surface area contributed by atoms with E-state index < -0.39 is 10.0 Å². The van der Waals surface area contributed by atoms with Gasteiger partial charge < -0.3 is 9.72 Å². The van der Waals surface area contributed by atoms with E-state index in [1.165, 1.54) is 32.4 Å². The zero-order valence-electron chi connectivity index (χ0n) is 14.3. The number of hydrogen-bond acceptors (Lipinski definition) is 5. The van der Waals surface area contributed by atoms with E-state index in [0.29, 0.717) is 5.69 Å². The summed E-state index contributed by atoms with van der Waals surface area (Å²) in [6.07, 6.45) is 3.69. The van der Waals surface area contributed by atoms with Crippen molar-refractivity contribution in [1.82, 2.24) is 19.2 Å². The van der Waals surface area contributed by atoms with E-state index in [1.807, 2.05) is 35.0 Å². The maximum absolute atomic E-state index is 12.4. The molecule has 0 fully saturated rings. The predicted molar refractivity (Wildman–Crippen MR) is 94.8 cm³/mol. The Hall–Kier alpha value is -2.75. The summed E-state index contributed by atoms with van der Waals surface area (Å²) >= 11 is 0. The summed E-state index contributed by atoms with van der Waals surface area (Å²) in [6.45, 7) is 0.232. The fraction of sp³-hybridized carbons (Fsp3) is 0.176. The van der Waals surface area contributed by atoms with Gasteiger partial charge in [0.25, 0.3) is 15.9 Å². The lowest BCUT2D eigenvalue weighted by Crippen LogP contribution is -2.27. The highest BCUT2D eigenvalue weighted by Crippen LogP contribution is 2.16. The zero-order chi connectivity index (χ0) is 18.7. The van der Waals surface area contributed by atoms with Gasteiger partial charge in [-0.05, 0) is 30.3 Å². The summed E-state index contributed by atoms with van der Waals surface area (Å²) < 4.78 is 27.1. The Morgan fingerprint density at radius 2 is 2.08 bits per heavy atom. The lowest BCUT2D eigenvalue weighted by Gasteiger charge is -2.14. The van der Waals surface area contributed by atoms with Crippen molar-refractivity contribution in [2.24, 2.45) is 0 Å². The summed E-state index contributed by atoms with van der Waals surface area (Å²) in [7, 11) is -1.28. The number of carbonyl (C=O) groups excluding carboxylic acids is 1. The van der Waals surface area contributed by atoms with Crippen LogP contribution in [0.5, 0.6) is 0 Å². The molecular weight excluding hydrogens is 356 g/mol. The Bertz CT molecular complexity index is 1010. The van der Waals surface area contributed by atoms with E-state index in [9.17, 15) is 13.2 Å². The van der Waals surface area contributed by atoms with Crippen LogP contribution in [-0.2, 0) is 21.4 Å². The second-order valence-corrected chi connectivity index (χ2v) is 7.44. The number of rotatable bonds is 6. The van der Waals surface area contributed by atoms with Crippen LogP contribution in [-0.4, -0.2) is 42.3 Å². The Morgan fingerprint density at radius 3 is 2.81 bits per heavy atom. The molecule has 2 heterocycles. The number of nitrogens with zero attached hydrogens (tertiary/aromatic N) is 3. The van der Waals surface area contributed by atoms with Crippen LogP contribution in [0.25, 0.3) is 5.65 Å². The Labute approximate surface area is 151 Å². The van der Waals surface area contributed by atoms with E-state index in [1.54, 1.807) is 6.07 Å². The quantitative estimate of drug-likeness (QED) is 0.659. The first kappa shape index (κ1) is 18.1. The van der Waals surface area contributed by atoms with Gasteiger partial charge in [-0.25, -0.2) is 13.4 Å². The molecule has 0 aliphatic heterocycles. The molecule has 0 unspecified atom stereocenters. The predicted octanol–water partition coefficient (Wildman–Crippen LogP) is 1.45. The highest BCUT2D eigenvalue weighted by atomic mass is 32.2. The maximum Gasteiger partial charge on any atom is 0.264 e. The SMILES string of the molecule is CON(C)S(=O)(=O)c1cccc(C(=O)NCc2cn3ccccc3n2)c1. The third kappa shape index (κ3) is 3.59. The number of hydroxylamine groups is 1. The van der Waals surface area contributed by atoms with Gasteiger partial charge in [0.2, 0.25) is 0 Å². The van der Waals surface area contributed by atoms with Gasteiger partial charge in [-0.3, -0.25) is 9.63 Å². The second kappa shape index (κ2) is 7.24. The van der Waals surface area contributed by atoms with Gasteiger partial charge in [0, 0.05) is 25.0 Å². The minimum atomic E-state index is -3.81. The fourth-order valence-corrected chi connectivity index (χ4v) is 3.41. The molecule has 0 spiro atoms. The molecule has 0 radical (unpaired) electrons. The van der Waals surface area contributed by atoms with Crippen LogP contribution in [0.2, 0.25) is 0 Å². The molecule has 0 aliphatic rings. The van der Waals surface area contributed by atoms with E-state index in [4.69, 9.17) is 4.84 Å². The first-order valence-corrected chi connectivity index (χ1v) is 9.20. The monoisotopic (exact) mass is 374 g/mol. The standard InChI is InChI=1S/C17H18N4O4S/c1-20(25-2)26(23,24)15-7-5-6-13(10-15)17(22)18-11-14-12-21-9-4-3-8-16(21)19-14/h3-10,12H,11H2,1-2H3,(H,18,22). The van der Waals surface area contributed by atoms with Gasteiger partial charge in [0.05, 0.1) is 24.2 Å². The van der Waals surface area contributed by atoms with Crippen molar-refractivity contribution in [3.05, 3.63) is 66.1 Å². The molecule has 0 atom stereocenters. The van der Waals surface area contributed by atoms with Crippen LogP contribution in [0.4, 0.5) is 0 Å². The van der Waals surface area contributed by atoms with Crippen molar-refractivity contribution in [1.29, 1.82) is 0 Å². The first-order chi connectivity index (χ1) is 12.4. The minimum Gasteiger partial charge on any atom is -0.346 e. The molecular formula is C17H18N4O4S. The number of hydrogen-bond donors (Lipinski definition) is 1. The van der Waals surface area contributed by atoms with Gasteiger partial charge in [0.15, 0.2) is 0 Å². The molecule has 0 saturated carbocycles. The molecule has 3 aromatic rings. The van der Waals surface area contributed by atoms with Gasteiger partial charge in [0.1, 0.15) is 5.65 Å². The Balaban J connectivity index is 1.75. The average Bonchev–Trinajstić information content (AvgIpc) is 3.08. The first-order valence-electron chi connectivity index (χ1n) is 7.76. The third-order valence-corrected chi connectivity index (χ3v) is 5.51. The van der Waals surface area contributed by atoms with Gasteiger partial charge in [-0.15, -0.1) is 0 Å². The van der Waals surface area contributed by atoms with Crippen molar-refractivity contribution in [2.75, 3.05) is 14.2 Å². The van der Waals surface area contributed by atoms with Crippen LogP contribution in [0.15, 0.2) is 59.8 Å². The van der Waals surface area contributed by atoms with Crippen LogP contribution >= 0.6 is 0 Å². The van der Waals surface area contributed by atoms with Crippen LogP contribution in [0, 0.1) is 0 Å². The minimum absolute atomic E-state index is 0.0257. The normalized spacial score (nSPS) is 11.8. The summed E-state index contributed by atoms with van der Waals surface area (Å²) in [5, 5.41) is 2.74. The molecule has 9 heteroatoms. The molecule has 1 N–H and O–H groups in total. The second-order valence-electron chi connectivity index (χ2n) is 5.51. The van der Waals surface area contributed by atoms with Crippen molar-refractivity contribution in [3.8, 4) is 0 Å². The molecule has 0 aliphatic carbocycles. The third-order valence-electron chi connectivity index (χ3n) is 3.83. The molecule has 3 rings (SSSR count). The Morgan fingerprint density at radius 1 is 1.27 bits per heavy atom. The number of fused-ring (bicyclic) bond motifs is 1. The van der Waals surface area contributed by atoms with Crippen LogP contribution in [0.3, 0.4) is 0 Å². The maximum atomic E-state index is 12.4.